The minimum atomic E-state index is 0.484. The lowest BCUT2D eigenvalue weighted by Crippen LogP contribution is -2.30. The van der Waals surface area contributed by atoms with Gasteiger partial charge in [0.25, 0.3) is 0 Å². The van der Waals surface area contributed by atoms with Crippen molar-refractivity contribution in [1.82, 2.24) is 15.3 Å². The second-order valence-electron chi connectivity index (χ2n) is 5.96. The van der Waals surface area contributed by atoms with Crippen molar-refractivity contribution in [2.24, 2.45) is 5.41 Å². The predicted molar refractivity (Wildman–Crippen MR) is 77.5 cm³/mol. The smallest absolute Gasteiger partial charge is 0.225 e. The van der Waals surface area contributed by atoms with Crippen molar-refractivity contribution in [3.8, 4) is 0 Å². The molecule has 3 rings (SSSR count). The second-order valence-corrected chi connectivity index (χ2v) is 5.96. The highest BCUT2D eigenvalue weighted by Crippen LogP contribution is 2.37. The molecule has 4 nitrogen and oxygen atoms in total. The van der Waals surface area contributed by atoms with Gasteiger partial charge in [-0.25, -0.2) is 9.97 Å². The fraction of sp³-hybridized carbons (Fsp3) is 0.733. The van der Waals surface area contributed by atoms with Crippen molar-refractivity contribution in [1.29, 1.82) is 0 Å². The van der Waals surface area contributed by atoms with Gasteiger partial charge in [0.05, 0.1) is 0 Å². The van der Waals surface area contributed by atoms with Crippen LogP contribution in [0.25, 0.3) is 0 Å². The SMILES string of the molecule is CCc1cc(CC)nc(N2CCC3(CCNC3)C2)n1. The molecule has 0 aliphatic carbocycles. The van der Waals surface area contributed by atoms with E-state index < -0.39 is 0 Å². The molecule has 2 aliphatic rings. The Bertz CT molecular complexity index is 429. The lowest BCUT2D eigenvalue weighted by Gasteiger charge is -2.23. The third-order valence-corrected chi connectivity index (χ3v) is 4.60. The normalized spacial score (nSPS) is 26.5. The van der Waals surface area contributed by atoms with Gasteiger partial charge in [0.15, 0.2) is 0 Å². The van der Waals surface area contributed by atoms with Gasteiger partial charge >= 0.3 is 0 Å². The lowest BCUT2D eigenvalue weighted by molar-refractivity contribution is 0.369. The molecule has 104 valence electrons. The van der Waals surface area contributed by atoms with E-state index in [1.807, 2.05) is 0 Å². The summed E-state index contributed by atoms with van der Waals surface area (Å²) in [5.74, 6) is 0.958. The minimum Gasteiger partial charge on any atom is -0.340 e. The van der Waals surface area contributed by atoms with Crippen LogP contribution in [0.4, 0.5) is 5.95 Å². The molecular formula is C15H24N4. The Morgan fingerprint density at radius 1 is 1.21 bits per heavy atom. The topological polar surface area (TPSA) is 41.1 Å². The summed E-state index contributed by atoms with van der Waals surface area (Å²) in [6.45, 7) is 8.89. The van der Waals surface area contributed by atoms with E-state index in [9.17, 15) is 0 Å². The van der Waals surface area contributed by atoms with E-state index in [1.54, 1.807) is 0 Å². The van der Waals surface area contributed by atoms with Crippen LogP contribution in [-0.2, 0) is 12.8 Å². The van der Waals surface area contributed by atoms with E-state index in [0.717, 1.165) is 38.4 Å². The maximum atomic E-state index is 4.73. The number of rotatable bonds is 3. The molecule has 2 aliphatic heterocycles. The van der Waals surface area contributed by atoms with Crippen LogP contribution in [0.3, 0.4) is 0 Å². The first-order valence-electron chi connectivity index (χ1n) is 7.57. The zero-order valence-electron chi connectivity index (χ0n) is 12.1. The van der Waals surface area contributed by atoms with E-state index in [2.05, 4.69) is 30.1 Å². The average Bonchev–Trinajstić information content (AvgIpc) is 3.09. The first kappa shape index (κ1) is 12.9. The third-order valence-electron chi connectivity index (χ3n) is 4.60. The number of aryl methyl sites for hydroxylation is 2. The van der Waals surface area contributed by atoms with Gasteiger partial charge in [-0.1, -0.05) is 13.8 Å². The van der Waals surface area contributed by atoms with Crippen molar-refractivity contribution in [3.63, 3.8) is 0 Å². The molecule has 1 aromatic heterocycles. The molecule has 0 bridgehead atoms. The minimum absolute atomic E-state index is 0.484. The molecule has 1 atom stereocenters. The van der Waals surface area contributed by atoms with Gasteiger partial charge in [-0.05, 0) is 38.3 Å². The maximum absolute atomic E-state index is 4.73. The second kappa shape index (κ2) is 5.08. The molecule has 0 radical (unpaired) electrons. The molecule has 2 saturated heterocycles. The molecule has 0 saturated carbocycles. The van der Waals surface area contributed by atoms with Crippen LogP contribution in [0, 0.1) is 5.41 Å². The van der Waals surface area contributed by atoms with E-state index in [1.165, 1.54) is 30.8 Å². The summed E-state index contributed by atoms with van der Waals surface area (Å²) in [4.78, 5) is 11.9. The zero-order chi connectivity index (χ0) is 13.3. The number of aromatic nitrogens is 2. The van der Waals surface area contributed by atoms with Crippen molar-refractivity contribution in [2.75, 3.05) is 31.1 Å². The summed E-state index contributed by atoms with van der Waals surface area (Å²) in [5.41, 5.74) is 2.83. The molecule has 0 amide bonds. The molecule has 1 N–H and O–H groups in total. The Morgan fingerprint density at radius 3 is 2.53 bits per heavy atom. The highest BCUT2D eigenvalue weighted by molar-refractivity contribution is 5.35. The molecule has 19 heavy (non-hydrogen) atoms. The number of nitrogens with zero attached hydrogens (tertiary/aromatic N) is 3. The lowest BCUT2D eigenvalue weighted by atomic mass is 9.87. The standard InChI is InChI=1S/C15H24N4/c1-3-12-9-13(4-2)18-14(17-12)19-8-6-15(11-19)5-7-16-10-15/h9,16H,3-8,10-11H2,1-2H3. The Labute approximate surface area is 115 Å². The molecule has 1 aromatic rings. The van der Waals surface area contributed by atoms with Crippen LogP contribution < -0.4 is 10.2 Å². The van der Waals surface area contributed by atoms with Gasteiger partial charge in [0, 0.05) is 36.4 Å². The number of hydrogen-bond acceptors (Lipinski definition) is 4. The highest BCUT2D eigenvalue weighted by Gasteiger charge is 2.41. The van der Waals surface area contributed by atoms with Crippen molar-refractivity contribution in [3.05, 3.63) is 17.5 Å². The molecule has 3 heterocycles. The van der Waals surface area contributed by atoms with E-state index in [0.29, 0.717) is 5.41 Å². The Balaban J connectivity index is 1.82. The maximum Gasteiger partial charge on any atom is 0.225 e. The average molecular weight is 260 g/mol. The molecule has 4 heteroatoms. The van der Waals surface area contributed by atoms with Crippen LogP contribution in [0.5, 0.6) is 0 Å². The summed E-state index contributed by atoms with van der Waals surface area (Å²) in [6, 6.07) is 2.15. The van der Waals surface area contributed by atoms with Crippen LogP contribution in [0.2, 0.25) is 0 Å². The third kappa shape index (κ3) is 2.46. The largest absolute Gasteiger partial charge is 0.340 e. The Hall–Kier alpha value is -1.16. The number of hydrogen-bond donors (Lipinski definition) is 1. The van der Waals surface area contributed by atoms with E-state index in [4.69, 9.17) is 9.97 Å². The van der Waals surface area contributed by atoms with Gasteiger partial charge in [-0.15, -0.1) is 0 Å². The summed E-state index contributed by atoms with van der Waals surface area (Å²) in [6.07, 6.45) is 4.56. The van der Waals surface area contributed by atoms with Crippen molar-refractivity contribution < 1.29 is 0 Å². The van der Waals surface area contributed by atoms with Gasteiger partial charge < -0.3 is 10.2 Å². The molecule has 2 fully saturated rings. The predicted octanol–water partition coefficient (Wildman–Crippen LogP) is 1.79. The van der Waals surface area contributed by atoms with Crippen LogP contribution in [-0.4, -0.2) is 36.1 Å². The summed E-state index contributed by atoms with van der Waals surface area (Å²) in [5, 5.41) is 3.50. The summed E-state index contributed by atoms with van der Waals surface area (Å²) >= 11 is 0. The summed E-state index contributed by atoms with van der Waals surface area (Å²) < 4.78 is 0. The Kier molecular flexibility index (Phi) is 3.44. The number of nitrogens with one attached hydrogen (secondary N) is 1. The molecular weight excluding hydrogens is 236 g/mol. The first-order chi connectivity index (χ1) is 9.24. The van der Waals surface area contributed by atoms with Crippen LogP contribution in [0.15, 0.2) is 6.07 Å². The fourth-order valence-electron chi connectivity index (χ4n) is 3.29. The Morgan fingerprint density at radius 2 is 1.95 bits per heavy atom. The monoisotopic (exact) mass is 260 g/mol. The van der Waals surface area contributed by atoms with Crippen LogP contribution in [0.1, 0.15) is 38.1 Å². The van der Waals surface area contributed by atoms with Gasteiger partial charge in [-0.3, -0.25) is 0 Å². The van der Waals surface area contributed by atoms with E-state index >= 15 is 0 Å². The van der Waals surface area contributed by atoms with Gasteiger partial charge in [0.2, 0.25) is 5.95 Å². The van der Waals surface area contributed by atoms with Crippen molar-refractivity contribution >= 4 is 5.95 Å². The highest BCUT2D eigenvalue weighted by atomic mass is 15.3. The van der Waals surface area contributed by atoms with Crippen LogP contribution >= 0.6 is 0 Å². The fourth-order valence-corrected chi connectivity index (χ4v) is 3.29. The quantitative estimate of drug-likeness (QED) is 0.899. The molecule has 1 unspecified atom stereocenters. The number of anilines is 1. The molecule has 0 aromatic carbocycles. The van der Waals surface area contributed by atoms with Gasteiger partial charge in [-0.2, -0.15) is 0 Å². The first-order valence-corrected chi connectivity index (χ1v) is 7.57. The van der Waals surface area contributed by atoms with E-state index in [-0.39, 0.29) is 0 Å². The van der Waals surface area contributed by atoms with Gasteiger partial charge in [0.1, 0.15) is 0 Å². The summed E-state index contributed by atoms with van der Waals surface area (Å²) in [7, 11) is 0. The van der Waals surface area contributed by atoms with Crippen molar-refractivity contribution in [2.45, 2.75) is 39.5 Å². The molecule has 1 spiro atoms. The zero-order valence-corrected chi connectivity index (χ0v) is 12.1.